The lowest BCUT2D eigenvalue weighted by molar-refractivity contribution is 0.173. The number of aromatic nitrogens is 3. The monoisotopic (exact) mass is 439 g/mol. The van der Waals surface area contributed by atoms with Crippen LogP contribution in [-0.2, 0) is 13.1 Å². The third-order valence-corrected chi connectivity index (χ3v) is 6.09. The summed E-state index contributed by atoms with van der Waals surface area (Å²) in [5, 5.41) is 11.1. The number of thiophene rings is 1. The third-order valence-electron chi connectivity index (χ3n) is 4.48. The van der Waals surface area contributed by atoms with Crippen LogP contribution in [0.25, 0.3) is 0 Å². The Hall–Kier alpha value is -1.45. The van der Waals surface area contributed by atoms with Crippen LogP contribution in [0.4, 0.5) is 0 Å². The highest BCUT2D eigenvalue weighted by Crippen LogP contribution is 2.23. The van der Waals surface area contributed by atoms with Crippen molar-refractivity contribution in [3.05, 3.63) is 33.5 Å². The molecule has 3 rings (SSSR count). The maximum Gasteiger partial charge on any atom is 0.193 e. The van der Waals surface area contributed by atoms with Crippen molar-refractivity contribution in [3.63, 3.8) is 0 Å². The summed E-state index contributed by atoms with van der Waals surface area (Å²) in [6.07, 6.45) is 5.73. The minimum atomic E-state index is 0.943. The minimum absolute atomic E-state index is 0.943. The molecular weight excluding hydrogens is 414 g/mol. The Labute approximate surface area is 167 Å². The van der Waals surface area contributed by atoms with E-state index in [1.165, 1.54) is 8.66 Å². The Bertz CT molecular complexity index is 677. The van der Waals surface area contributed by atoms with Crippen LogP contribution >= 0.6 is 27.3 Å². The number of piperazine rings is 1. The summed E-state index contributed by atoms with van der Waals surface area (Å²) in [5.41, 5.74) is 0. The quantitative estimate of drug-likeness (QED) is 0.407. The number of rotatable bonds is 7. The Morgan fingerprint density at radius 1 is 1.19 bits per heavy atom. The highest BCUT2D eigenvalue weighted by molar-refractivity contribution is 9.11. The summed E-state index contributed by atoms with van der Waals surface area (Å²) in [6, 6.07) is 4.34. The summed E-state index contributed by atoms with van der Waals surface area (Å²) < 4.78 is 3.22. The van der Waals surface area contributed by atoms with Crippen LogP contribution in [-0.4, -0.2) is 70.3 Å². The van der Waals surface area contributed by atoms with E-state index in [0.717, 1.165) is 64.6 Å². The molecule has 1 aliphatic heterocycles. The van der Waals surface area contributed by atoms with E-state index in [1.54, 1.807) is 12.7 Å². The molecule has 0 spiro atoms. The van der Waals surface area contributed by atoms with Gasteiger partial charge in [0.15, 0.2) is 5.96 Å². The van der Waals surface area contributed by atoms with E-state index in [9.17, 15) is 0 Å². The maximum absolute atomic E-state index is 4.46. The van der Waals surface area contributed by atoms with Gasteiger partial charge in [-0.05, 0) is 40.9 Å². The van der Waals surface area contributed by atoms with E-state index in [1.807, 2.05) is 23.0 Å². The Kier molecular flexibility index (Phi) is 7.45. The molecule has 3 heterocycles. The molecular formula is C17H26BrN7S. The largest absolute Gasteiger partial charge is 0.356 e. The molecule has 7 nitrogen and oxygen atoms in total. The van der Waals surface area contributed by atoms with Gasteiger partial charge in [0.2, 0.25) is 0 Å². The van der Waals surface area contributed by atoms with Crippen LogP contribution in [0.5, 0.6) is 0 Å². The van der Waals surface area contributed by atoms with Crippen molar-refractivity contribution in [2.45, 2.75) is 25.9 Å². The molecule has 0 aliphatic carbocycles. The fourth-order valence-corrected chi connectivity index (χ4v) is 4.59. The molecule has 2 aromatic heterocycles. The van der Waals surface area contributed by atoms with Gasteiger partial charge < -0.3 is 14.8 Å². The summed E-state index contributed by atoms with van der Waals surface area (Å²) in [4.78, 5) is 10.7. The Balaban J connectivity index is 1.34. The first kappa shape index (κ1) is 19.3. The number of hydrogen-bond donors (Lipinski definition) is 1. The first-order chi connectivity index (χ1) is 12.7. The lowest BCUT2D eigenvalue weighted by Gasteiger charge is -2.36. The van der Waals surface area contributed by atoms with E-state index in [-0.39, 0.29) is 0 Å². The van der Waals surface area contributed by atoms with Gasteiger partial charge in [-0.15, -0.1) is 21.5 Å². The average Bonchev–Trinajstić information content (AvgIpc) is 3.31. The first-order valence-electron chi connectivity index (χ1n) is 8.99. The maximum atomic E-state index is 4.46. The van der Waals surface area contributed by atoms with Crippen LogP contribution < -0.4 is 5.32 Å². The highest BCUT2D eigenvalue weighted by Gasteiger charge is 2.19. The number of aliphatic imine (C=N–C) groups is 1. The molecule has 26 heavy (non-hydrogen) atoms. The fraction of sp³-hybridized carbons (Fsp3) is 0.588. The van der Waals surface area contributed by atoms with Crippen molar-refractivity contribution in [3.8, 4) is 0 Å². The number of guanidine groups is 1. The van der Waals surface area contributed by atoms with Gasteiger partial charge in [-0.2, -0.15) is 0 Å². The molecule has 0 radical (unpaired) electrons. The van der Waals surface area contributed by atoms with Gasteiger partial charge in [0.1, 0.15) is 12.7 Å². The number of nitrogens with one attached hydrogen (secondary N) is 1. The van der Waals surface area contributed by atoms with Crippen LogP contribution in [0.1, 0.15) is 17.7 Å². The van der Waals surface area contributed by atoms with Crippen molar-refractivity contribution in [1.82, 2.24) is 29.9 Å². The second-order valence-electron chi connectivity index (χ2n) is 6.35. The number of halogens is 1. The summed E-state index contributed by atoms with van der Waals surface area (Å²) in [5.74, 6) is 1.02. The molecule has 0 saturated carbocycles. The van der Waals surface area contributed by atoms with Gasteiger partial charge in [0.05, 0.1) is 3.79 Å². The van der Waals surface area contributed by atoms with Gasteiger partial charge in [0.25, 0.3) is 0 Å². The van der Waals surface area contributed by atoms with Crippen LogP contribution in [0, 0.1) is 0 Å². The molecule has 2 aromatic rings. The predicted octanol–water partition coefficient (Wildman–Crippen LogP) is 2.28. The molecule has 1 aliphatic rings. The normalized spacial score (nSPS) is 16.2. The van der Waals surface area contributed by atoms with Crippen molar-refractivity contribution < 1.29 is 0 Å². The van der Waals surface area contributed by atoms with Gasteiger partial charge in [-0.3, -0.25) is 9.89 Å². The van der Waals surface area contributed by atoms with E-state index in [0.29, 0.717) is 0 Å². The van der Waals surface area contributed by atoms with E-state index in [2.05, 4.69) is 58.4 Å². The van der Waals surface area contributed by atoms with Crippen molar-refractivity contribution in [2.24, 2.45) is 4.99 Å². The molecule has 1 fully saturated rings. The third kappa shape index (κ3) is 5.78. The van der Waals surface area contributed by atoms with Crippen LogP contribution in [0.2, 0.25) is 0 Å². The number of nitrogens with zero attached hydrogens (tertiary/aromatic N) is 6. The van der Waals surface area contributed by atoms with E-state index < -0.39 is 0 Å². The van der Waals surface area contributed by atoms with Crippen molar-refractivity contribution in [2.75, 3.05) is 39.8 Å². The van der Waals surface area contributed by atoms with Crippen molar-refractivity contribution >= 4 is 33.2 Å². The highest BCUT2D eigenvalue weighted by atomic mass is 79.9. The molecule has 142 valence electrons. The second-order valence-corrected chi connectivity index (χ2v) is 8.90. The minimum Gasteiger partial charge on any atom is -0.356 e. The van der Waals surface area contributed by atoms with Gasteiger partial charge in [-0.25, -0.2) is 0 Å². The summed E-state index contributed by atoms with van der Waals surface area (Å²) >= 11 is 5.36. The fourth-order valence-electron chi connectivity index (χ4n) is 3.06. The lowest BCUT2D eigenvalue weighted by atomic mass is 10.3. The zero-order valence-electron chi connectivity index (χ0n) is 15.1. The predicted molar refractivity (Wildman–Crippen MR) is 109 cm³/mol. The molecule has 1 N–H and O–H groups in total. The van der Waals surface area contributed by atoms with E-state index >= 15 is 0 Å². The lowest BCUT2D eigenvalue weighted by Crippen LogP contribution is -2.52. The molecule has 0 aromatic carbocycles. The van der Waals surface area contributed by atoms with E-state index in [4.69, 9.17) is 0 Å². The smallest absolute Gasteiger partial charge is 0.193 e. The number of unbranched alkanes of at least 4 members (excludes halogenated alkanes) is 1. The zero-order valence-corrected chi connectivity index (χ0v) is 17.5. The van der Waals surface area contributed by atoms with Gasteiger partial charge in [0, 0.05) is 57.7 Å². The Morgan fingerprint density at radius 2 is 1.96 bits per heavy atom. The van der Waals surface area contributed by atoms with Crippen LogP contribution in [0.15, 0.2) is 33.6 Å². The number of aryl methyl sites for hydroxylation is 1. The molecule has 9 heteroatoms. The Morgan fingerprint density at radius 3 is 2.62 bits per heavy atom. The van der Waals surface area contributed by atoms with Gasteiger partial charge >= 0.3 is 0 Å². The SMILES string of the molecule is CN=C(NCCCCn1cnnc1)N1CCN(Cc2ccc(Br)s2)CC1. The zero-order chi connectivity index (χ0) is 18.2. The van der Waals surface area contributed by atoms with Crippen molar-refractivity contribution in [1.29, 1.82) is 0 Å². The molecule has 0 atom stereocenters. The molecule has 0 unspecified atom stereocenters. The molecule has 0 bridgehead atoms. The second kappa shape index (κ2) is 10.0. The average molecular weight is 440 g/mol. The van der Waals surface area contributed by atoms with Crippen LogP contribution in [0.3, 0.4) is 0 Å². The standard InChI is InChI=1S/C17H26BrN7S/c1-19-17(20-6-2-3-7-24-13-21-22-14-24)25-10-8-23(9-11-25)12-15-4-5-16(18)26-15/h4-5,13-14H,2-3,6-12H2,1H3,(H,19,20). The number of hydrogen-bond acceptors (Lipinski definition) is 5. The topological polar surface area (TPSA) is 61.6 Å². The molecule has 1 saturated heterocycles. The van der Waals surface area contributed by atoms with Gasteiger partial charge in [-0.1, -0.05) is 0 Å². The summed E-state index contributed by atoms with van der Waals surface area (Å²) in [7, 11) is 1.87. The summed E-state index contributed by atoms with van der Waals surface area (Å²) in [6.45, 7) is 7.13. The molecule has 0 amide bonds. The first-order valence-corrected chi connectivity index (χ1v) is 10.6.